The number of nitrogens with one attached hydrogen (secondary N) is 2. The number of benzene rings is 3. The van der Waals surface area contributed by atoms with Gasteiger partial charge in [-0.15, -0.1) is 0 Å². The molecule has 1 fully saturated rings. The van der Waals surface area contributed by atoms with Gasteiger partial charge in [-0.3, -0.25) is 4.79 Å². The lowest BCUT2D eigenvalue weighted by atomic mass is 9.88. The van der Waals surface area contributed by atoms with E-state index < -0.39 is 0 Å². The van der Waals surface area contributed by atoms with Gasteiger partial charge >= 0.3 is 6.03 Å². The molecule has 1 saturated heterocycles. The second kappa shape index (κ2) is 11.3. The number of nitrogens with zero attached hydrogens (tertiary/aromatic N) is 1. The Morgan fingerprint density at radius 3 is 1.91 bits per heavy atom. The van der Waals surface area contributed by atoms with Crippen LogP contribution in [0.2, 0.25) is 0 Å². The zero-order valence-corrected chi connectivity index (χ0v) is 18.9. The van der Waals surface area contributed by atoms with Gasteiger partial charge in [-0.2, -0.15) is 0 Å². The van der Waals surface area contributed by atoms with Crippen LogP contribution in [0.4, 0.5) is 4.79 Å². The zero-order valence-electron chi connectivity index (χ0n) is 18.9. The number of amides is 3. The van der Waals surface area contributed by atoms with Crippen molar-refractivity contribution in [3.63, 3.8) is 0 Å². The summed E-state index contributed by atoms with van der Waals surface area (Å²) >= 11 is 0. The van der Waals surface area contributed by atoms with Gasteiger partial charge in [-0.1, -0.05) is 72.8 Å². The van der Waals surface area contributed by atoms with Gasteiger partial charge in [0.05, 0.1) is 0 Å². The molecule has 0 unspecified atom stereocenters. The van der Waals surface area contributed by atoms with E-state index in [1.807, 2.05) is 41.3 Å². The summed E-state index contributed by atoms with van der Waals surface area (Å²) in [5.41, 5.74) is 4.16. The molecule has 0 atom stereocenters. The first-order valence-corrected chi connectivity index (χ1v) is 11.7. The van der Waals surface area contributed by atoms with E-state index in [0.717, 1.165) is 37.9 Å². The maximum atomic E-state index is 12.4. The van der Waals surface area contributed by atoms with E-state index in [9.17, 15) is 9.59 Å². The predicted molar refractivity (Wildman–Crippen MR) is 131 cm³/mol. The molecule has 1 heterocycles. The second-order valence-electron chi connectivity index (χ2n) is 8.47. The predicted octanol–water partition coefficient (Wildman–Crippen LogP) is 4.94. The molecule has 1 aliphatic heterocycles. The van der Waals surface area contributed by atoms with Crippen LogP contribution in [-0.4, -0.2) is 36.5 Å². The number of carbonyl (C=O) groups is 2. The lowest BCUT2D eigenvalue weighted by Crippen LogP contribution is -2.36. The molecule has 3 aromatic carbocycles. The SMILES string of the molecule is O=C(NCCC(c1ccccc1)c1ccccc1)NCc1ccc(C(=O)N2CCCC2)cc1. The molecule has 0 saturated carbocycles. The van der Waals surface area contributed by atoms with Crippen molar-refractivity contribution < 1.29 is 9.59 Å². The van der Waals surface area contributed by atoms with E-state index in [2.05, 4.69) is 59.2 Å². The molecule has 3 aromatic rings. The van der Waals surface area contributed by atoms with E-state index in [0.29, 0.717) is 18.7 Å². The van der Waals surface area contributed by atoms with Gasteiger partial charge in [-0.25, -0.2) is 4.79 Å². The highest BCUT2D eigenvalue weighted by atomic mass is 16.2. The average molecular weight is 442 g/mol. The Kier molecular flexibility index (Phi) is 7.75. The molecule has 0 aromatic heterocycles. The third kappa shape index (κ3) is 6.22. The summed E-state index contributed by atoms with van der Waals surface area (Å²) in [5, 5.41) is 5.89. The quantitative estimate of drug-likeness (QED) is 0.520. The molecule has 33 heavy (non-hydrogen) atoms. The fourth-order valence-corrected chi connectivity index (χ4v) is 4.34. The molecule has 170 valence electrons. The van der Waals surface area contributed by atoms with Crippen molar-refractivity contribution >= 4 is 11.9 Å². The summed E-state index contributed by atoms with van der Waals surface area (Å²) in [6.07, 6.45) is 2.98. The molecule has 1 aliphatic rings. The average Bonchev–Trinajstić information content (AvgIpc) is 3.41. The minimum Gasteiger partial charge on any atom is -0.339 e. The smallest absolute Gasteiger partial charge is 0.315 e. The van der Waals surface area contributed by atoms with Crippen LogP contribution < -0.4 is 10.6 Å². The van der Waals surface area contributed by atoms with Crippen molar-refractivity contribution in [2.75, 3.05) is 19.6 Å². The highest BCUT2D eigenvalue weighted by Crippen LogP contribution is 2.27. The van der Waals surface area contributed by atoms with E-state index >= 15 is 0 Å². The molecular weight excluding hydrogens is 410 g/mol. The molecule has 5 heteroatoms. The Balaban J connectivity index is 1.25. The zero-order chi connectivity index (χ0) is 22.9. The third-order valence-electron chi connectivity index (χ3n) is 6.17. The highest BCUT2D eigenvalue weighted by molar-refractivity contribution is 5.94. The van der Waals surface area contributed by atoms with Crippen molar-refractivity contribution in [2.24, 2.45) is 0 Å². The molecule has 4 rings (SSSR count). The lowest BCUT2D eigenvalue weighted by molar-refractivity contribution is 0.0793. The van der Waals surface area contributed by atoms with E-state index in [4.69, 9.17) is 0 Å². The first-order valence-electron chi connectivity index (χ1n) is 11.7. The third-order valence-corrected chi connectivity index (χ3v) is 6.17. The van der Waals surface area contributed by atoms with Crippen molar-refractivity contribution in [3.8, 4) is 0 Å². The molecule has 3 amide bonds. The maximum absolute atomic E-state index is 12.4. The first-order chi connectivity index (χ1) is 16.2. The monoisotopic (exact) mass is 441 g/mol. The minimum absolute atomic E-state index is 0.0936. The summed E-state index contributed by atoms with van der Waals surface area (Å²) < 4.78 is 0. The summed E-state index contributed by atoms with van der Waals surface area (Å²) in [5.74, 6) is 0.324. The second-order valence-corrected chi connectivity index (χ2v) is 8.47. The Bertz CT molecular complexity index is 990. The number of carbonyl (C=O) groups excluding carboxylic acids is 2. The van der Waals surface area contributed by atoms with Crippen molar-refractivity contribution in [3.05, 3.63) is 107 Å². The number of rotatable bonds is 8. The summed E-state index contributed by atoms with van der Waals surface area (Å²) in [7, 11) is 0. The van der Waals surface area contributed by atoms with E-state index in [1.165, 1.54) is 11.1 Å². The van der Waals surface area contributed by atoms with Crippen LogP contribution >= 0.6 is 0 Å². The minimum atomic E-state index is -0.188. The van der Waals surface area contributed by atoms with Crippen molar-refractivity contribution in [1.29, 1.82) is 0 Å². The highest BCUT2D eigenvalue weighted by Gasteiger charge is 2.19. The molecule has 0 radical (unpaired) electrons. The molecule has 0 aliphatic carbocycles. The largest absolute Gasteiger partial charge is 0.339 e. The fourth-order valence-electron chi connectivity index (χ4n) is 4.34. The number of hydrogen-bond acceptors (Lipinski definition) is 2. The Morgan fingerprint density at radius 2 is 1.33 bits per heavy atom. The van der Waals surface area contributed by atoms with Crippen LogP contribution in [0.5, 0.6) is 0 Å². The van der Waals surface area contributed by atoms with E-state index in [1.54, 1.807) is 0 Å². The Morgan fingerprint density at radius 1 is 0.758 bits per heavy atom. The lowest BCUT2D eigenvalue weighted by Gasteiger charge is -2.18. The standard InChI is InChI=1S/C28H31N3O2/c32-27(31-19-7-8-20-31)25-15-13-22(14-16-25)21-30-28(33)29-18-17-26(23-9-3-1-4-10-23)24-11-5-2-6-12-24/h1-6,9-16,26H,7-8,17-21H2,(H2,29,30,33). The summed E-state index contributed by atoms with van der Waals surface area (Å²) in [6.45, 7) is 2.68. The van der Waals surface area contributed by atoms with Gasteiger partial charge in [-0.05, 0) is 48.1 Å². The topological polar surface area (TPSA) is 61.4 Å². The van der Waals surface area contributed by atoms with Gasteiger partial charge < -0.3 is 15.5 Å². The Hall–Kier alpha value is -3.60. The van der Waals surface area contributed by atoms with Crippen LogP contribution in [0.3, 0.4) is 0 Å². The van der Waals surface area contributed by atoms with E-state index in [-0.39, 0.29) is 17.9 Å². The van der Waals surface area contributed by atoms with Gasteiger partial charge in [0.1, 0.15) is 0 Å². The fraction of sp³-hybridized carbons (Fsp3) is 0.286. The van der Waals surface area contributed by atoms with Gasteiger partial charge in [0.2, 0.25) is 0 Å². The summed E-state index contributed by atoms with van der Waals surface area (Å²) in [4.78, 5) is 26.7. The van der Waals surface area contributed by atoms with Crippen LogP contribution in [0.1, 0.15) is 52.2 Å². The van der Waals surface area contributed by atoms with Gasteiger partial charge in [0.25, 0.3) is 5.91 Å². The van der Waals surface area contributed by atoms with Crippen LogP contribution in [0.15, 0.2) is 84.9 Å². The maximum Gasteiger partial charge on any atom is 0.315 e. The normalized spacial score (nSPS) is 13.2. The summed E-state index contributed by atoms with van der Waals surface area (Å²) in [6, 6.07) is 28.1. The number of urea groups is 1. The Labute approximate surface area is 195 Å². The molecule has 0 bridgehead atoms. The van der Waals surface area contributed by atoms with Crippen molar-refractivity contribution in [1.82, 2.24) is 15.5 Å². The van der Waals surface area contributed by atoms with Crippen molar-refractivity contribution in [2.45, 2.75) is 31.7 Å². The van der Waals surface area contributed by atoms with Crippen LogP contribution in [0, 0.1) is 0 Å². The van der Waals surface area contributed by atoms with Gasteiger partial charge in [0.15, 0.2) is 0 Å². The molecule has 2 N–H and O–H groups in total. The van der Waals surface area contributed by atoms with Crippen LogP contribution in [-0.2, 0) is 6.54 Å². The number of hydrogen-bond donors (Lipinski definition) is 2. The van der Waals surface area contributed by atoms with Gasteiger partial charge in [0, 0.05) is 37.7 Å². The molecule has 0 spiro atoms. The molecule has 5 nitrogen and oxygen atoms in total. The van der Waals surface area contributed by atoms with Crippen LogP contribution in [0.25, 0.3) is 0 Å². The first kappa shape index (κ1) is 22.6. The number of likely N-dealkylation sites (tertiary alicyclic amines) is 1. The molecular formula is C28H31N3O2.